The van der Waals surface area contributed by atoms with Crippen LogP contribution >= 0.6 is 12.4 Å². The lowest BCUT2D eigenvalue weighted by molar-refractivity contribution is -0.133. The number of hydrogen-bond acceptors (Lipinski definition) is 3. The lowest BCUT2D eigenvalue weighted by Gasteiger charge is -2.32. The van der Waals surface area contributed by atoms with Gasteiger partial charge in [0.2, 0.25) is 5.91 Å². The Morgan fingerprint density at radius 1 is 1.35 bits per heavy atom. The number of rotatable bonds is 6. The summed E-state index contributed by atoms with van der Waals surface area (Å²) in [5.74, 6) is 1.53. The van der Waals surface area contributed by atoms with E-state index in [-0.39, 0.29) is 18.3 Å². The molecule has 0 aromatic heterocycles. The quantitative estimate of drug-likeness (QED) is 0.865. The van der Waals surface area contributed by atoms with Gasteiger partial charge in [-0.15, -0.1) is 12.4 Å². The topological polar surface area (TPSA) is 41.6 Å². The highest BCUT2D eigenvalue weighted by Crippen LogP contribution is 2.23. The van der Waals surface area contributed by atoms with Crippen LogP contribution in [0.1, 0.15) is 31.7 Å². The zero-order valence-electron chi connectivity index (χ0n) is 14.4. The number of hydrogen-bond donors (Lipinski definition) is 1. The number of benzene rings is 1. The summed E-state index contributed by atoms with van der Waals surface area (Å²) in [5, 5.41) is 3.30. The zero-order chi connectivity index (χ0) is 15.9. The second-order valence-electron chi connectivity index (χ2n) is 6.27. The van der Waals surface area contributed by atoms with Gasteiger partial charge in [0, 0.05) is 25.6 Å². The first kappa shape index (κ1) is 19.8. The van der Waals surface area contributed by atoms with E-state index in [1.54, 1.807) is 7.11 Å². The minimum absolute atomic E-state index is 0. The molecule has 1 fully saturated rings. The molecule has 1 aliphatic rings. The molecule has 0 radical (unpaired) electrons. The molecule has 0 bridgehead atoms. The number of carbonyl (C=O) groups excluding carboxylic acids is 1. The molecule has 0 saturated carbocycles. The Morgan fingerprint density at radius 3 is 2.61 bits per heavy atom. The molecule has 2 rings (SSSR count). The van der Waals surface area contributed by atoms with E-state index in [2.05, 4.69) is 18.3 Å². The minimum atomic E-state index is 0. The average molecular weight is 341 g/mol. The Hall–Kier alpha value is -1.26. The normalized spacial score (nSPS) is 16.6. The van der Waals surface area contributed by atoms with Gasteiger partial charge in [0.25, 0.3) is 0 Å². The fourth-order valence-electron chi connectivity index (χ4n) is 3.16. The maximum Gasteiger partial charge on any atom is 0.222 e. The van der Waals surface area contributed by atoms with Crippen LogP contribution in [-0.2, 0) is 11.2 Å². The third-order valence-corrected chi connectivity index (χ3v) is 4.54. The van der Waals surface area contributed by atoms with E-state index in [1.807, 2.05) is 30.1 Å². The molecule has 1 unspecified atom stereocenters. The Kier molecular flexibility index (Phi) is 8.42. The van der Waals surface area contributed by atoms with Crippen LogP contribution in [0.25, 0.3) is 0 Å². The van der Waals surface area contributed by atoms with E-state index in [0.29, 0.717) is 18.4 Å². The van der Waals surface area contributed by atoms with Crippen molar-refractivity contribution >= 4 is 18.3 Å². The molecule has 4 nitrogen and oxygen atoms in total. The summed E-state index contributed by atoms with van der Waals surface area (Å²) in [6, 6.07) is 8.62. The summed E-state index contributed by atoms with van der Waals surface area (Å²) in [4.78, 5) is 14.4. The zero-order valence-corrected chi connectivity index (χ0v) is 15.2. The lowest BCUT2D eigenvalue weighted by Crippen LogP contribution is -2.44. The maximum absolute atomic E-state index is 12.4. The molecule has 1 saturated heterocycles. The van der Waals surface area contributed by atoms with E-state index in [0.717, 1.165) is 38.1 Å². The van der Waals surface area contributed by atoms with E-state index >= 15 is 0 Å². The van der Waals surface area contributed by atoms with E-state index in [9.17, 15) is 4.79 Å². The van der Waals surface area contributed by atoms with Crippen LogP contribution in [0.4, 0.5) is 0 Å². The highest BCUT2D eigenvalue weighted by molar-refractivity contribution is 5.85. The summed E-state index contributed by atoms with van der Waals surface area (Å²) < 4.78 is 5.39. The number of carbonyl (C=O) groups is 1. The van der Waals surface area contributed by atoms with Crippen LogP contribution in [0.15, 0.2) is 24.3 Å². The van der Waals surface area contributed by atoms with Gasteiger partial charge in [-0.3, -0.25) is 4.79 Å². The van der Waals surface area contributed by atoms with Crippen molar-refractivity contribution in [2.45, 2.75) is 38.6 Å². The second kappa shape index (κ2) is 9.78. The van der Waals surface area contributed by atoms with Gasteiger partial charge in [0.05, 0.1) is 7.11 Å². The van der Waals surface area contributed by atoms with Crippen molar-refractivity contribution in [3.05, 3.63) is 29.8 Å². The molecule has 0 aliphatic carbocycles. The van der Waals surface area contributed by atoms with Gasteiger partial charge < -0.3 is 15.0 Å². The fourth-order valence-corrected chi connectivity index (χ4v) is 3.16. The van der Waals surface area contributed by atoms with Crippen molar-refractivity contribution < 1.29 is 9.53 Å². The molecule has 1 atom stereocenters. The molecular weight excluding hydrogens is 312 g/mol. The first-order valence-corrected chi connectivity index (χ1v) is 8.21. The van der Waals surface area contributed by atoms with Gasteiger partial charge in [-0.1, -0.05) is 25.1 Å². The van der Waals surface area contributed by atoms with Crippen LogP contribution in [0, 0.1) is 5.92 Å². The molecule has 1 heterocycles. The summed E-state index contributed by atoms with van der Waals surface area (Å²) in [7, 11) is 3.69. The van der Waals surface area contributed by atoms with Crippen LogP contribution in [0.5, 0.6) is 5.75 Å². The molecule has 1 amide bonds. The monoisotopic (exact) mass is 340 g/mol. The van der Waals surface area contributed by atoms with Gasteiger partial charge in [-0.2, -0.15) is 0 Å². The predicted molar refractivity (Wildman–Crippen MR) is 96.4 cm³/mol. The first-order chi connectivity index (χ1) is 10.6. The van der Waals surface area contributed by atoms with Gasteiger partial charge in [0.1, 0.15) is 5.75 Å². The molecule has 1 N–H and O–H groups in total. The second-order valence-corrected chi connectivity index (χ2v) is 6.27. The van der Waals surface area contributed by atoms with Crippen molar-refractivity contribution in [1.29, 1.82) is 0 Å². The summed E-state index contributed by atoms with van der Waals surface area (Å²) in [6.45, 7) is 3.90. The minimum Gasteiger partial charge on any atom is -0.496 e. The number of nitrogens with zero attached hydrogens (tertiary/aromatic N) is 1. The van der Waals surface area contributed by atoms with Crippen molar-refractivity contribution in [2.75, 3.05) is 27.2 Å². The van der Waals surface area contributed by atoms with Crippen molar-refractivity contribution in [3.63, 3.8) is 0 Å². The fraction of sp³-hybridized carbons (Fsp3) is 0.611. The smallest absolute Gasteiger partial charge is 0.222 e. The summed E-state index contributed by atoms with van der Waals surface area (Å²) >= 11 is 0. The lowest BCUT2D eigenvalue weighted by atomic mass is 9.96. The third kappa shape index (κ3) is 5.70. The largest absolute Gasteiger partial charge is 0.496 e. The number of ether oxygens (including phenoxy) is 1. The van der Waals surface area contributed by atoms with Crippen LogP contribution < -0.4 is 10.1 Å². The number of methoxy groups -OCH3 is 1. The molecule has 130 valence electrons. The van der Waals surface area contributed by atoms with Crippen molar-refractivity contribution in [2.24, 2.45) is 5.92 Å². The first-order valence-electron chi connectivity index (χ1n) is 8.21. The van der Waals surface area contributed by atoms with Crippen LogP contribution in [0.3, 0.4) is 0 Å². The van der Waals surface area contributed by atoms with E-state index in [4.69, 9.17) is 4.74 Å². The Bertz CT molecular complexity index is 488. The maximum atomic E-state index is 12.4. The average Bonchev–Trinajstić information content (AvgIpc) is 2.55. The SMILES string of the molecule is CNC1CCN(C(=O)CC(C)Cc2ccccc2OC)CC1.Cl. The highest BCUT2D eigenvalue weighted by Gasteiger charge is 2.23. The van der Waals surface area contributed by atoms with Crippen molar-refractivity contribution in [3.8, 4) is 5.75 Å². The predicted octanol–water partition coefficient (Wildman–Crippen LogP) is 2.90. The van der Waals surface area contributed by atoms with Gasteiger partial charge in [-0.25, -0.2) is 0 Å². The van der Waals surface area contributed by atoms with E-state index < -0.39 is 0 Å². The number of piperidine rings is 1. The number of halogens is 1. The van der Waals surface area contributed by atoms with Crippen molar-refractivity contribution in [1.82, 2.24) is 10.2 Å². The third-order valence-electron chi connectivity index (χ3n) is 4.54. The molecule has 0 spiro atoms. The standard InChI is InChI=1S/C18H28N2O2.ClH/c1-14(12-15-6-4-5-7-17(15)22-3)13-18(21)20-10-8-16(19-2)9-11-20;/h4-7,14,16,19H,8-13H2,1-3H3;1H. The summed E-state index contributed by atoms with van der Waals surface area (Å²) in [6.07, 6.45) is 3.61. The Labute approximate surface area is 146 Å². The molecule has 23 heavy (non-hydrogen) atoms. The van der Waals surface area contributed by atoms with Gasteiger partial charge >= 0.3 is 0 Å². The molecular formula is C18H29ClN2O2. The molecule has 1 aromatic carbocycles. The highest BCUT2D eigenvalue weighted by atomic mass is 35.5. The number of amides is 1. The Morgan fingerprint density at radius 2 is 2.00 bits per heavy atom. The summed E-state index contributed by atoms with van der Waals surface area (Å²) in [5.41, 5.74) is 1.18. The van der Waals surface area contributed by atoms with Crippen LogP contribution in [-0.4, -0.2) is 44.1 Å². The number of likely N-dealkylation sites (tertiary alicyclic amines) is 1. The van der Waals surface area contributed by atoms with Gasteiger partial charge in [0.15, 0.2) is 0 Å². The van der Waals surface area contributed by atoms with Gasteiger partial charge in [-0.05, 0) is 43.9 Å². The number of para-hydroxylation sites is 1. The molecule has 1 aliphatic heterocycles. The van der Waals surface area contributed by atoms with Crippen LogP contribution in [0.2, 0.25) is 0 Å². The number of nitrogens with one attached hydrogen (secondary N) is 1. The van der Waals surface area contributed by atoms with E-state index in [1.165, 1.54) is 5.56 Å². The Balaban J connectivity index is 0.00000264. The molecule has 5 heteroatoms. The molecule has 1 aromatic rings.